The van der Waals surface area contributed by atoms with Crippen molar-refractivity contribution in [3.05, 3.63) is 35.5 Å². The van der Waals surface area contributed by atoms with Crippen LogP contribution in [0.1, 0.15) is 91.9 Å². The van der Waals surface area contributed by atoms with Gasteiger partial charge < -0.3 is 25.2 Å². The van der Waals surface area contributed by atoms with Crippen LogP contribution in [0, 0.1) is 23.2 Å². The Bertz CT molecular complexity index is 778. The highest BCUT2D eigenvalue weighted by molar-refractivity contribution is 5.40. The van der Waals surface area contributed by atoms with Gasteiger partial charge in [0.25, 0.3) is 0 Å². The lowest BCUT2D eigenvalue weighted by Gasteiger charge is -2.44. The second-order valence-electron chi connectivity index (χ2n) is 12.4. The first kappa shape index (κ1) is 28.6. The maximum atomic E-state index is 10.4. The molecule has 3 aliphatic carbocycles. The summed E-state index contributed by atoms with van der Waals surface area (Å²) in [5.74, 6) is 1.98. The number of allylic oxidation sites excluding steroid dienone is 3. The van der Waals surface area contributed by atoms with E-state index in [1.165, 1.54) is 37.7 Å². The largest absolute Gasteiger partial charge is 0.396 e. The Kier molecular flexibility index (Phi) is 9.84. The molecule has 7 atom stereocenters. The molecule has 0 aromatic heterocycles. The van der Waals surface area contributed by atoms with E-state index in [1.807, 2.05) is 13.8 Å². The maximum Gasteiger partial charge on any atom is 0.111 e. The van der Waals surface area contributed by atoms with E-state index in [9.17, 15) is 15.3 Å². The lowest BCUT2D eigenvalue weighted by Crippen LogP contribution is -2.45. The van der Waals surface area contributed by atoms with Crippen molar-refractivity contribution in [2.75, 3.05) is 13.2 Å². The van der Waals surface area contributed by atoms with Gasteiger partial charge in [0.05, 0.1) is 11.7 Å². The van der Waals surface area contributed by atoms with E-state index in [-0.39, 0.29) is 6.61 Å². The van der Waals surface area contributed by atoms with Gasteiger partial charge in [-0.2, -0.15) is 0 Å². The molecule has 0 heterocycles. The molecule has 200 valence electrons. The third-order valence-electron chi connectivity index (χ3n) is 9.16. The zero-order chi connectivity index (χ0) is 25.8. The van der Waals surface area contributed by atoms with Crippen molar-refractivity contribution in [2.45, 2.75) is 116 Å². The fourth-order valence-corrected chi connectivity index (χ4v) is 7.20. The second-order valence-corrected chi connectivity index (χ2v) is 12.4. The number of fused-ring (bicyclic) bond motifs is 1. The molecule has 3 rings (SSSR count). The van der Waals surface area contributed by atoms with Crippen LogP contribution in [0.15, 0.2) is 35.5 Å². The van der Waals surface area contributed by atoms with Crippen LogP contribution in [0.25, 0.3) is 0 Å². The quantitative estimate of drug-likeness (QED) is 0.321. The van der Waals surface area contributed by atoms with Crippen molar-refractivity contribution in [1.29, 1.82) is 0 Å². The fraction of sp³-hybridized carbons (Fsp3) is 0.800. The average molecular weight is 491 g/mol. The van der Waals surface area contributed by atoms with E-state index in [2.05, 4.69) is 32.6 Å². The molecule has 0 aliphatic heterocycles. The molecule has 4 N–H and O–H groups in total. The topological polar surface area (TPSA) is 90.2 Å². The van der Waals surface area contributed by atoms with Crippen LogP contribution in [0.2, 0.25) is 0 Å². The minimum atomic E-state index is -0.988. The van der Waals surface area contributed by atoms with E-state index in [1.54, 1.807) is 0 Å². The van der Waals surface area contributed by atoms with Gasteiger partial charge in [-0.3, -0.25) is 0 Å². The lowest BCUT2D eigenvalue weighted by atomic mass is 9.60. The average Bonchev–Trinajstić information content (AvgIpc) is 3.14. The monoisotopic (exact) mass is 490 g/mol. The summed E-state index contributed by atoms with van der Waals surface area (Å²) in [6, 6.07) is 0. The molecule has 3 fully saturated rings. The summed E-state index contributed by atoms with van der Waals surface area (Å²) in [6.07, 6.45) is 12.0. The van der Waals surface area contributed by atoms with Gasteiger partial charge in [0.15, 0.2) is 0 Å². The Labute approximate surface area is 213 Å². The number of aliphatic hydroxyl groups is 4. The molecule has 0 saturated heterocycles. The van der Waals surface area contributed by atoms with Crippen LogP contribution in [-0.2, 0) is 4.74 Å². The Morgan fingerprint density at radius 1 is 1.20 bits per heavy atom. The van der Waals surface area contributed by atoms with Gasteiger partial charge in [0.1, 0.15) is 12.2 Å². The Morgan fingerprint density at radius 2 is 1.94 bits per heavy atom. The molecule has 35 heavy (non-hydrogen) atoms. The molecular weight excluding hydrogens is 440 g/mol. The molecule has 0 unspecified atom stereocenters. The maximum absolute atomic E-state index is 10.4. The van der Waals surface area contributed by atoms with Crippen molar-refractivity contribution < 1.29 is 25.2 Å². The van der Waals surface area contributed by atoms with Crippen molar-refractivity contribution in [3.63, 3.8) is 0 Å². The summed E-state index contributed by atoms with van der Waals surface area (Å²) in [4.78, 5) is 0. The molecule has 5 heteroatoms. The summed E-state index contributed by atoms with van der Waals surface area (Å²) in [5.41, 5.74) is 2.95. The van der Waals surface area contributed by atoms with Crippen LogP contribution in [0.5, 0.6) is 0 Å². The number of hydrogen-bond donors (Lipinski definition) is 4. The number of aliphatic hydroxyl groups excluding tert-OH is 3. The second kappa shape index (κ2) is 12.0. The fourth-order valence-electron chi connectivity index (χ4n) is 7.20. The third kappa shape index (κ3) is 6.87. The normalized spacial score (nSPS) is 37.1. The molecule has 0 aromatic rings. The van der Waals surface area contributed by atoms with Gasteiger partial charge in [0.2, 0.25) is 0 Å². The summed E-state index contributed by atoms with van der Waals surface area (Å²) in [7, 11) is 0. The van der Waals surface area contributed by atoms with E-state index in [0.29, 0.717) is 36.7 Å². The van der Waals surface area contributed by atoms with Crippen molar-refractivity contribution in [2.24, 2.45) is 23.2 Å². The Balaban J connectivity index is 1.71. The first-order valence-electron chi connectivity index (χ1n) is 13.9. The van der Waals surface area contributed by atoms with Gasteiger partial charge in [-0.05, 0) is 93.1 Å². The zero-order valence-corrected chi connectivity index (χ0v) is 22.5. The highest BCUT2D eigenvalue weighted by atomic mass is 16.5. The first-order valence-corrected chi connectivity index (χ1v) is 13.9. The van der Waals surface area contributed by atoms with Gasteiger partial charge in [0, 0.05) is 19.6 Å². The van der Waals surface area contributed by atoms with E-state index < -0.39 is 23.9 Å². The van der Waals surface area contributed by atoms with E-state index >= 15 is 0 Å². The van der Waals surface area contributed by atoms with Gasteiger partial charge >= 0.3 is 0 Å². The third-order valence-corrected chi connectivity index (χ3v) is 9.16. The molecule has 0 amide bonds. The predicted octanol–water partition coefficient (Wildman–Crippen LogP) is 5.08. The van der Waals surface area contributed by atoms with Crippen molar-refractivity contribution in [1.82, 2.24) is 0 Å². The standard InChI is InChI=1S/C30H50O5/c1-20(9-6-15-29(3,4)34)24-13-14-25-22(10-7-16-30(24,25)5)11-12-23-19-26(32)27(33)28(21(23)2)35-18-8-17-31/h11-12,20,24-28,31-34H,2,6-10,13-19H2,1,3-5H3/b22-11+,23-12-/t20-,24-,25+,26-,27-,28-,30-/m1/s1. The minimum Gasteiger partial charge on any atom is -0.396 e. The van der Waals surface area contributed by atoms with E-state index in [4.69, 9.17) is 9.84 Å². The lowest BCUT2D eigenvalue weighted by molar-refractivity contribution is -0.0832. The summed E-state index contributed by atoms with van der Waals surface area (Å²) >= 11 is 0. The van der Waals surface area contributed by atoms with Crippen LogP contribution < -0.4 is 0 Å². The Hall–Kier alpha value is -0.980. The molecule has 0 spiro atoms. The van der Waals surface area contributed by atoms with E-state index in [0.717, 1.165) is 36.3 Å². The summed E-state index contributed by atoms with van der Waals surface area (Å²) in [6.45, 7) is 13.3. The molecule has 0 radical (unpaired) electrons. The summed E-state index contributed by atoms with van der Waals surface area (Å²) in [5, 5.41) is 40.0. The van der Waals surface area contributed by atoms with Crippen molar-refractivity contribution >= 4 is 0 Å². The smallest absolute Gasteiger partial charge is 0.111 e. The molecule has 5 nitrogen and oxygen atoms in total. The zero-order valence-electron chi connectivity index (χ0n) is 22.5. The van der Waals surface area contributed by atoms with Crippen LogP contribution >= 0.6 is 0 Å². The van der Waals surface area contributed by atoms with Gasteiger partial charge in [-0.15, -0.1) is 0 Å². The van der Waals surface area contributed by atoms with Gasteiger partial charge in [-0.25, -0.2) is 0 Å². The van der Waals surface area contributed by atoms with Crippen LogP contribution in [-0.4, -0.2) is 57.6 Å². The first-order chi connectivity index (χ1) is 16.5. The summed E-state index contributed by atoms with van der Waals surface area (Å²) < 4.78 is 5.77. The molecule has 3 aliphatic rings. The minimum absolute atomic E-state index is 0.0336. The predicted molar refractivity (Wildman–Crippen MR) is 141 cm³/mol. The van der Waals surface area contributed by atoms with Crippen LogP contribution in [0.4, 0.5) is 0 Å². The highest BCUT2D eigenvalue weighted by Crippen LogP contribution is 2.60. The van der Waals surface area contributed by atoms with Gasteiger partial charge in [-0.1, -0.05) is 51.0 Å². The molecular formula is C30H50O5. The SMILES string of the molecule is C=C1/C(=C\C=C2/CCC[C@]3(C)[C@@H]([C@H](C)CCCC(C)(C)O)CC[C@@H]23)C[C@@H](O)[C@@H](O)[C@@H]1OCCCO. The number of rotatable bonds is 10. The van der Waals surface area contributed by atoms with Crippen molar-refractivity contribution in [3.8, 4) is 0 Å². The molecule has 0 aromatic carbocycles. The Morgan fingerprint density at radius 3 is 2.63 bits per heavy atom. The number of hydrogen-bond acceptors (Lipinski definition) is 5. The molecule has 3 saturated carbocycles. The highest BCUT2D eigenvalue weighted by Gasteiger charge is 2.50. The molecule has 0 bridgehead atoms. The number of ether oxygens (including phenoxy) is 1. The van der Waals surface area contributed by atoms with Crippen LogP contribution in [0.3, 0.4) is 0 Å².